The van der Waals surface area contributed by atoms with Gasteiger partial charge < -0.3 is 0 Å². The monoisotopic (exact) mass is 480 g/mol. The van der Waals surface area contributed by atoms with Crippen molar-refractivity contribution in [1.82, 2.24) is 10.6 Å². The maximum absolute atomic E-state index is 13.5. The topological polar surface area (TPSA) is 92.3 Å². The van der Waals surface area contributed by atoms with Crippen LogP contribution in [0.4, 0.5) is 0 Å². The molecule has 7 rings (SSSR count). The zero-order valence-electron chi connectivity index (χ0n) is 20.0. The lowest BCUT2D eigenvalue weighted by molar-refractivity contribution is -0.131. The minimum absolute atomic E-state index is 0.00447. The van der Waals surface area contributed by atoms with E-state index < -0.39 is 33.5 Å². The van der Waals surface area contributed by atoms with E-state index in [9.17, 15) is 19.2 Å². The Morgan fingerprint density at radius 2 is 1.22 bits per heavy atom. The van der Waals surface area contributed by atoms with Crippen molar-refractivity contribution in [2.75, 3.05) is 0 Å². The first-order valence-electron chi connectivity index (χ1n) is 12.7. The average molecular weight is 481 g/mol. The molecule has 6 aliphatic rings. The van der Waals surface area contributed by atoms with Crippen LogP contribution >= 0.6 is 0 Å². The molecule has 0 radical (unpaired) electrons. The fraction of sp³-hybridized carbons (Fsp3) is 0.400. The number of nitrogens with one attached hydrogen (secondary N) is 2. The molecule has 6 nitrogen and oxygen atoms in total. The second-order valence-electron chi connectivity index (χ2n) is 11.5. The third kappa shape index (κ3) is 2.02. The second kappa shape index (κ2) is 6.61. The summed E-state index contributed by atoms with van der Waals surface area (Å²) in [6, 6.07) is 8.20. The van der Waals surface area contributed by atoms with E-state index in [0.29, 0.717) is 25.7 Å². The molecule has 2 heterocycles. The average Bonchev–Trinajstić information content (AvgIpc) is 3.67. The first-order chi connectivity index (χ1) is 17.3. The molecular formula is C30H28N2O4. The molecular weight excluding hydrogens is 452 g/mol. The number of carbonyl (C=O) groups excluding carboxylic acids is 4. The molecule has 1 aromatic carbocycles. The van der Waals surface area contributed by atoms with Crippen molar-refractivity contribution in [2.45, 2.75) is 36.5 Å². The van der Waals surface area contributed by atoms with Crippen molar-refractivity contribution >= 4 is 23.6 Å². The summed E-state index contributed by atoms with van der Waals surface area (Å²) in [4.78, 5) is 52.7. The smallest absolute Gasteiger partial charge is 0.235 e. The minimum Gasteiger partial charge on any atom is -0.296 e. The van der Waals surface area contributed by atoms with E-state index in [-0.39, 0.29) is 35.5 Å². The Kier molecular flexibility index (Phi) is 3.99. The van der Waals surface area contributed by atoms with Gasteiger partial charge in [0.05, 0.1) is 22.7 Å². The fourth-order valence-corrected chi connectivity index (χ4v) is 9.40. The largest absolute Gasteiger partial charge is 0.296 e. The van der Waals surface area contributed by atoms with Crippen LogP contribution in [0.1, 0.15) is 36.8 Å². The quantitative estimate of drug-likeness (QED) is 0.484. The molecule has 2 saturated heterocycles. The number of hydrogen-bond donors (Lipinski definition) is 2. The third-order valence-corrected chi connectivity index (χ3v) is 10.6. The molecule has 2 N–H and O–H groups in total. The van der Waals surface area contributed by atoms with Crippen LogP contribution in [0.2, 0.25) is 0 Å². The van der Waals surface area contributed by atoms with Gasteiger partial charge in [-0.3, -0.25) is 29.8 Å². The number of fused-ring (bicyclic) bond motifs is 10. The van der Waals surface area contributed by atoms with Crippen molar-refractivity contribution in [1.29, 1.82) is 0 Å². The molecule has 4 amide bonds. The Bertz CT molecular complexity index is 1280. The van der Waals surface area contributed by atoms with Crippen LogP contribution in [0.3, 0.4) is 0 Å². The highest BCUT2D eigenvalue weighted by molar-refractivity contribution is 6.11. The van der Waals surface area contributed by atoms with E-state index in [1.807, 2.05) is 18.2 Å². The van der Waals surface area contributed by atoms with Gasteiger partial charge in [0, 0.05) is 10.8 Å². The SMILES string of the molecule is C=CCC12C(=O)NC(=O)C1C1C=CC2(c2cccc(C34C=CC(C3)C3C(=O)NC(=O)C34CC=C)c2)C1. The summed E-state index contributed by atoms with van der Waals surface area (Å²) in [5, 5.41) is 5.24. The number of hydrogen-bond acceptors (Lipinski definition) is 4. The third-order valence-electron chi connectivity index (χ3n) is 10.6. The van der Waals surface area contributed by atoms with E-state index >= 15 is 0 Å². The van der Waals surface area contributed by atoms with Crippen molar-refractivity contribution in [3.63, 3.8) is 0 Å². The van der Waals surface area contributed by atoms with Gasteiger partial charge in [-0.2, -0.15) is 0 Å². The normalized spacial score (nSPS) is 44.7. The van der Waals surface area contributed by atoms with Gasteiger partial charge >= 0.3 is 0 Å². The van der Waals surface area contributed by atoms with Gasteiger partial charge in [-0.25, -0.2) is 0 Å². The van der Waals surface area contributed by atoms with E-state index in [1.165, 1.54) is 0 Å². The lowest BCUT2D eigenvalue weighted by Crippen LogP contribution is -2.50. The fourth-order valence-electron chi connectivity index (χ4n) is 9.40. The number of imide groups is 2. The first kappa shape index (κ1) is 21.7. The molecule has 6 heteroatoms. The summed E-state index contributed by atoms with van der Waals surface area (Å²) in [7, 11) is 0. The molecule has 1 aromatic rings. The lowest BCUT2D eigenvalue weighted by Gasteiger charge is -2.45. The van der Waals surface area contributed by atoms with Crippen LogP contribution in [-0.4, -0.2) is 23.6 Å². The van der Waals surface area contributed by atoms with Gasteiger partial charge in [-0.1, -0.05) is 60.7 Å². The van der Waals surface area contributed by atoms with E-state index in [4.69, 9.17) is 0 Å². The van der Waals surface area contributed by atoms with Gasteiger partial charge in [0.25, 0.3) is 0 Å². The van der Waals surface area contributed by atoms with Crippen molar-refractivity contribution in [2.24, 2.45) is 34.5 Å². The van der Waals surface area contributed by atoms with Crippen LogP contribution in [-0.2, 0) is 30.0 Å². The van der Waals surface area contributed by atoms with E-state index in [2.05, 4.69) is 54.2 Å². The van der Waals surface area contributed by atoms with Gasteiger partial charge in [-0.05, 0) is 48.6 Å². The summed E-state index contributed by atoms with van der Waals surface area (Å²) >= 11 is 0. The summed E-state index contributed by atoms with van der Waals surface area (Å²) in [5.41, 5.74) is -1.15. The zero-order valence-corrected chi connectivity index (χ0v) is 20.0. The highest BCUT2D eigenvalue weighted by Gasteiger charge is 2.75. The Morgan fingerprint density at radius 3 is 1.64 bits per heavy atom. The number of allylic oxidation sites excluding steroid dienone is 6. The predicted octanol–water partition coefficient (Wildman–Crippen LogP) is 3.01. The van der Waals surface area contributed by atoms with E-state index in [1.54, 1.807) is 12.2 Å². The van der Waals surface area contributed by atoms with Gasteiger partial charge in [0.1, 0.15) is 0 Å². The second-order valence-corrected chi connectivity index (χ2v) is 11.5. The molecule has 4 aliphatic carbocycles. The van der Waals surface area contributed by atoms with Crippen LogP contribution in [0, 0.1) is 34.5 Å². The molecule has 182 valence electrons. The maximum Gasteiger partial charge on any atom is 0.235 e. The number of benzene rings is 1. The molecule has 8 unspecified atom stereocenters. The molecule has 8 atom stereocenters. The molecule has 0 aromatic heterocycles. The van der Waals surface area contributed by atoms with Gasteiger partial charge in [0.15, 0.2) is 0 Å². The number of rotatable bonds is 6. The summed E-state index contributed by atoms with van der Waals surface area (Å²) in [6.45, 7) is 7.86. The molecule has 2 saturated carbocycles. The van der Waals surface area contributed by atoms with E-state index in [0.717, 1.165) is 11.1 Å². The van der Waals surface area contributed by atoms with Crippen LogP contribution in [0.15, 0.2) is 73.9 Å². The Morgan fingerprint density at radius 1 is 0.778 bits per heavy atom. The Balaban J connectivity index is 1.42. The molecule has 4 fully saturated rings. The number of amides is 4. The molecule has 2 aliphatic heterocycles. The van der Waals surface area contributed by atoms with Gasteiger partial charge in [0.2, 0.25) is 23.6 Å². The van der Waals surface area contributed by atoms with Crippen molar-refractivity contribution in [3.05, 3.63) is 85.0 Å². The summed E-state index contributed by atoms with van der Waals surface area (Å²) in [6.07, 6.45) is 14.2. The highest BCUT2D eigenvalue weighted by atomic mass is 16.2. The minimum atomic E-state index is -0.909. The molecule has 4 bridgehead atoms. The van der Waals surface area contributed by atoms with Gasteiger partial charge in [-0.15, -0.1) is 13.2 Å². The molecule has 36 heavy (non-hydrogen) atoms. The first-order valence-corrected chi connectivity index (χ1v) is 12.7. The predicted molar refractivity (Wildman–Crippen MR) is 132 cm³/mol. The zero-order chi connectivity index (χ0) is 25.1. The van der Waals surface area contributed by atoms with Crippen molar-refractivity contribution in [3.8, 4) is 0 Å². The maximum atomic E-state index is 13.5. The number of carbonyl (C=O) groups is 4. The van der Waals surface area contributed by atoms with Crippen LogP contribution < -0.4 is 10.6 Å². The van der Waals surface area contributed by atoms with Crippen LogP contribution in [0.25, 0.3) is 0 Å². The van der Waals surface area contributed by atoms with Crippen molar-refractivity contribution < 1.29 is 19.2 Å². The summed E-state index contributed by atoms with van der Waals surface area (Å²) < 4.78 is 0. The summed E-state index contributed by atoms with van der Waals surface area (Å²) in [5.74, 6) is -1.67. The van der Waals surface area contributed by atoms with Crippen LogP contribution in [0.5, 0.6) is 0 Å². The lowest BCUT2D eigenvalue weighted by atomic mass is 9.55. The molecule has 0 spiro atoms. The Labute approximate surface area is 209 Å². The highest BCUT2D eigenvalue weighted by Crippen LogP contribution is 2.70. The Hall–Kier alpha value is -3.54. The standard InChI is InChI=1S/C30H28N2O4/c1-3-10-29-21(23(33)31-25(29)35)17-8-12-27(29,15-17)19-6-5-7-20(14-19)28-13-9-18(16-28)22-24(34)32-26(36)30(22,28)11-4-2/h3-9,12-14,17-18,21-22H,1-2,10-11,15-16H2,(H,31,33,35)(H,32,34,36).